The first-order valence-corrected chi connectivity index (χ1v) is 4.84. The third kappa shape index (κ3) is 1.12. The molecule has 0 aliphatic rings. The van der Waals surface area contributed by atoms with Crippen molar-refractivity contribution in [1.29, 1.82) is 0 Å². The summed E-state index contributed by atoms with van der Waals surface area (Å²) in [5.74, 6) is 0.695. The van der Waals surface area contributed by atoms with Gasteiger partial charge in [0.25, 0.3) is 0 Å². The van der Waals surface area contributed by atoms with Crippen LogP contribution in [0.2, 0.25) is 0 Å². The van der Waals surface area contributed by atoms with Crippen LogP contribution in [0.15, 0.2) is 16.2 Å². The maximum absolute atomic E-state index is 5.73. The van der Waals surface area contributed by atoms with Gasteiger partial charge in [0.15, 0.2) is 5.82 Å². The lowest BCUT2D eigenvalue weighted by Crippen LogP contribution is -1.86. The SMILES string of the molecule is Nc1scc(Br)c1-c1ncn[nH]1. The number of anilines is 1. The Morgan fingerprint density at radius 2 is 2.42 bits per heavy atom. The predicted molar refractivity (Wildman–Crippen MR) is 51.8 cm³/mol. The Morgan fingerprint density at radius 3 is 2.92 bits per heavy atom. The van der Waals surface area contributed by atoms with Crippen molar-refractivity contribution in [2.75, 3.05) is 5.73 Å². The van der Waals surface area contributed by atoms with Crippen LogP contribution >= 0.6 is 27.3 Å². The van der Waals surface area contributed by atoms with Gasteiger partial charge in [0.05, 0.1) is 10.6 Å². The molecule has 12 heavy (non-hydrogen) atoms. The van der Waals surface area contributed by atoms with Gasteiger partial charge in [-0.1, -0.05) is 0 Å². The summed E-state index contributed by atoms with van der Waals surface area (Å²) in [5, 5.41) is 9.17. The molecule has 2 aromatic heterocycles. The number of aromatic nitrogens is 3. The molecule has 3 N–H and O–H groups in total. The molecular formula is C6H5BrN4S. The number of hydrogen-bond donors (Lipinski definition) is 2. The van der Waals surface area contributed by atoms with Crippen LogP contribution in [-0.4, -0.2) is 15.2 Å². The molecule has 0 spiro atoms. The van der Waals surface area contributed by atoms with Crippen LogP contribution in [0.5, 0.6) is 0 Å². The van der Waals surface area contributed by atoms with Gasteiger partial charge in [-0.25, -0.2) is 4.98 Å². The number of nitrogens with one attached hydrogen (secondary N) is 1. The van der Waals surface area contributed by atoms with Crippen molar-refractivity contribution in [1.82, 2.24) is 15.2 Å². The molecule has 0 atom stereocenters. The summed E-state index contributed by atoms with van der Waals surface area (Å²) < 4.78 is 0.946. The predicted octanol–water partition coefficient (Wildman–Crippen LogP) is 1.88. The Morgan fingerprint density at radius 1 is 1.58 bits per heavy atom. The maximum Gasteiger partial charge on any atom is 0.159 e. The molecule has 2 aromatic rings. The molecule has 0 aromatic carbocycles. The van der Waals surface area contributed by atoms with Crippen molar-refractivity contribution in [3.63, 3.8) is 0 Å². The van der Waals surface area contributed by atoms with Crippen molar-refractivity contribution in [3.05, 3.63) is 16.2 Å². The van der Waals surface area contributed by atoms with E-state index in [0.717, 1.165) is 15.0 Å². The third-order valence-electron chi connectivity index (χ3n) is 1.43. The van der Waals surface area contributed by atoms with Gasteiger partial charge in [-0.3, -0.25) is 5.10 Å². The van der Waals surface area contributed by atoms with E-state index in [4.69, 9.17) is 5.73 Å². The minimum Gasteiger partial charge on any atom is -0.390 e. The second-order valence-electron chi connectivity index (χ2n) is 2.16. The zero-order valence-electron chi connectivity index (χ0n) is 5.91. The second kappa shape index (κ2) is 2.87. The van der Waals surface area contributed by atoms with E-state index in [2.05, 4.69) is 31.1 Å². The first kappa shape index (κ1) is 7.75. The summed E-state index contributed by atoms with van der Waals surface area (Å²) in [6, 6.07) is 0. The topological polar surface area (TPSA) is 67.6 Å². The maximum atomic E-state index is 5.73. The molecule has 0 amide bonds. The molecule has 2 heterocycles. The zero-order chi connectivity index (χ0) is 8.55. The summed E-state index contributed by atoms with van der Waals surface area (Å²) >= 11 is 4.85. The van der Waals surface area contributed by atoms with Crippen LogP contribution < -0.4 is 5.73 Å². The zero-order valence-corrected chi connectivity index (χ0v) is 8.32. The van der Waals surface area contributed by atoms with Gasteiger partial charge < -0.3 is 5.73 Å². The highest BCUT2D eigenvalue weighted by Crippen LogP contribution is 2.36. The van der Waals surface area contributed by atoms with E-state index in [1.165, 1.54) is 17.7 Å². The van der Waals surface area contributed by atoms with Crippen LogP contribution in [0.25, 0.3) is 11.4 Å². The number of H-pyrrole nitrogens is 1. The minimum absolute atomic E-state index is 0.695. The number of nitrogens with two attached hydrogens (primary N) is 1. The standard InChI is InChI=1S/C6H5BrN4S/c7-3-1-12-5(8)4(3)6-9-2-10-11-6/h1-2H,8H2,(H,9,10,11). The molecular weight excluding hydrogens is 240 g/mol. The van der Waals surface area contributed by atoms with E-state index < -0.39 is 0 Å². The Hall–Kier alpha value is -0.880. The molecule has 0 saturated carbocycles. The molecule has 0 unspecified atom stereocenters. The van der Waals surface area contributed by atoms with Crippen LogP contribution in [-0.2, 0) is 0 Å². The highest BCUT2D eigenvalue weighted by Gasteiger charge is 2.11. The Bertz CT molecular complexity index is 361. The van der Waals surface area contributed by atoms with E-state index in [1.54, 1.807) is 0 Å². The van der Waals surface area contributed by atoms with Gasteiger partial charge in [0.1, 0.15) is 6.33 Å². The van der Waals surface area contributed by atoms with E-state index in [-0.39, 0.29) is 0 Å². The fraction of sp³-hybridized carbons (Fsp3) is 0. The first-order valence-electron chi connectivity index (χ1n) is 3.17. The third-order valence-corrected chi connectivity index (χ3v) is 3.17. The molecule has 0 bridgehead atoms. The summed E-state index contributed by atoms with van der Waals surface area (Å²) in [5.41, 5.74) is 6.62. The fourth-order valence-electron chi connectivity index (χ4n) is 0.907. The largest absolute Gasteiger partial charge is 0.390 e. The molecule has 0 aliphatic carbocycles. The molecule has 0 aliphatic heterocycles. The number of hydrogen-bond acceptors (Lipinski definition) is 4. The average Bonchev–Trinajstić information content (AvgIpc) is 2.61. The van der Waals surface area contributed by atoms with E-state index in [9.17, 15) is 0 Å². The van der Waals surface area contributed by atoms with Gasteiger partial charge in [-0.05, 0) is 15.9 Å². The van der Waals surface area contributed by atoms with Gasteiger partial charge in [0.2, 0.25) is 0 Å². The molecule has 4 nitrogen and oxygen atoms in total. The molecule has 6 heteroatoms. The van der Waals surface area contributed by atoms with Crippen molar-refractivity contribution < 1.29 is 0 Å². The first-order chi connectivity index (χ1) is 5.79. The number of nitrogen functional groups attached to an aromatic ring is 1. The molecule has 0 radical (unpaired) electrons. The Labute approximate surface area is 81.0 Å². The monoisotopic (exact) mass is 244 g/mol. The van der Waals surface area contributed by atoms with Gasteiger partial charge in [0, 0.05) is 9.85 Å². The van der Waals surface area contributed by atoms with Gasteiger partial charge in [-0.2, -0.15) is 5.10 Å². The number of thiophene rings is 1. The molecule has 62 valence electrons. The minimum atomic E-state index is 0.695. The highest BCUT2D eigenvalue weighted by atomic mass is 79.9. The molecule has 2 rings (SSSR count). The van der Waals surface area contributed by atoms with E-state index >= 15 is 0 Å². The summed E-state index contributed by atoms with van der Waals surface area (Å²) in [6.45, 7) is 0. The van der Waals surface area contributed by atoms with Crippen LogP contribution in [0.4, 0.5) is 5.00 Å². The van der Waals surface area contributed by atoms with Crippen molar-refractivity contribution in [2.24, 2.45) is 0 Å². The van der Waals surface area contributed by atoms with Gasteiger partial charge in [-0.15, -0.1) is 11.3 Å². The number of aromatic amines is 1. The quantitative estimate of drug-likeness (QED) is 0.805. The van der Waals surface area contributed by atoms with Crippen LogP contribution in [0.3, 0.4) is 0 Å². The second-order valence-corrected chi connectivity index (χ2v) is 3.92. The number of rotatable bonds is 1. The lowest BCUT2D eigenvalue weighted by molar-refractivity contribution is 1.10. The Balaban J connectivity index is 2.60. The lowest BCUT2D eigenvalue weighted by Gasteiger charge is -1.93. The van der Waals surface area contributed by atoms with Crippen LogP contribution in [0, 0.1) is 0 Å². The fourth-order valence-corrected chi connectivity index (χ4v) is 2.39. The van der Waals surface area contributed by atoms with E-state index in [1.807, 2.05) is 5.38 Å². The summed E-state index contributed by atoms with van der Waals surface area (Å²) in [4.78, 5) is 4.01. The normalized spacial score (nSPS) is 10.4. The lowest BCUT2D eigenvalue weighted by atomic mass is 10.3. The molecule has 0 fully saturated rings. The average molecular weight is 245 g/mol. The number of halogens is 1. The number of nitrogens with zero attached hydrogens (tertiary/aromatic N) is 2. The summed E-state index contributed by atoms with van der Waals surface area (Å²) in [6.07, 6.45) is 1.46. The van der Waals surface area contributed by atoms with Crippen LogP contribution in [0.1, 0.15) is 0 Å². The summed E-state index contributed by atoms with van der Waals surface area (Å²) in [7, 11) is 0. The van der Waals surface area contributed by atoms with Gasteiger partial charge >= 0.3 is 0 Å². The smallest absolute Gasteiger partial charge is 0.159 e. The van der Waals surface area contributed by atoms with Crippen molar-refractivity contribution in [2.45, 2.75) is 0 Å². The molecule has 0 saturated heterocycles. The Kier molecular flexibility index (Phi) is 1.86. The van der Waals surface area contributed by atoms with E-state index in [0.29, 0.717) is 5.82 Å². The van der Waals surface area contributed by atoms with Crippen molar-refractivity contribution in [3.8, 4) is 11.4 Å². The highest BCUT2D eigenvalue weighted by molar-refractivity contribution is 9.10. The van der Waals surface area contributed by atoms with Crippen molar-refractivity contribution >= 4 is 32.3 Å².